The number of ether oxygens (including phenoxy) is 1. The van der Waals surface area contributed by atoms with E-state index in [9.17, 15) is 9.59 Å². The number of aromatic nitrogens is 2. The van der Waals surface area contributed by atoms with Gasteiger partial charge in [0.2, 0.25) is 5.91 Å². The van der Waals surface area contributed by atoms with Crippen molar-refractivity contribution in [3.8, 4) is 11.4 Å². The van der Waals surface area contributed by atoms with Gasteiger partial charge < -0.3 is 19.5 Å². The molecule has 1 aliphatic heterocycles. The Bertz CT molecular complexity index is 1060. The zero-order valence-corrected chi connectivity index (χ0v) is 18.2. The van der Waals surface area contributed by atoms with Gasteiger partial charge in [-0.1, -0.05) is 18.2 Å². The third-order valence-electron chi connectivity index (χ3n) is 5.93. The molecule has 0 aliphatic carbocycles. The van der Waals surface area contributed by atoms with Gasteiger partial charge in [-0.2, -0.15) is 0 Å². The number of benzene rings is 1. The molecule has 1 aliphatic rings. The first-order valence-corrected chi connectivity index (χ1v) is 10.9. The van der Waals surface area contributed by atoms with Gasteiger partial charge in [-0.15, -0.1) is 0 Å². The summed E-state index contributed by atoms with van der Waals surface area (Å²) in [7, 11) is 1.65. The number of carbonyl (C=O) groups is 2. The molecule has 2 aromatic heterocycles. The second-order valence-corrected chi connectivity index (χ2v) is 7.89. The van der Waals surface area contributed by atoms with E-state index in [1.54, 1.807) is 19.5 Å². The van der Waals surface area contributed by atoms with Crippen LogP contribution < -0.4 is 10.1 Å². The van der Waals surface area contributed by atoms with Crippen molar-refractivity contribution in [2.24, 2.45) is 5.92 Å². The Morgan fingerprint density at radius 3 is 2.66 bits per heavy atom. The Morgan fingerprint density at radius 1 is 1.09 bits per heavy atom. The Morgan fingerprint density at radius 2 is 1.91 bits per heavy atom. The van der Waals surface area contributed by atoms with Gasteiger partial charge in [0.15, 0.2) is 0 Å². The van der Waals surface area contributed by atoms with Crippen molar-refractivity contribution in [2.45, 2.75) is 19.3 Å². The number of rotatable bonds is 7. The summed E-state index contributed by atoms with van der Waals surface area (Å²) in [6.45, 7) is 1.71. The second kappa shape index (κ2) is 10.1. The molecule has 0 radical (unpaired) electrons. The van der Waals surface area contributed by atoms with Crippen LogP contribution >= 0.6 is 0 Å². The first-order chi connectivity index (χ1) is 15.7. The van der Waals surface area contributed by atoms with Crippen LogP contribution in [0.15, 0.2) is 67.1 Å². The Balaban J connectivity index is 1.28. The zero-order valence-electron chi connectivity index (χ0n) is 18.2. The number of carbonyl (C=O) groups excluding carboxylic acids is 2. The minimum absolute atomic E-state index is 0.0196. The number of piperidine rings is 1. The van der Waals surface area contributed by atoms with E-state index in [2.05, 4.69) is 10.3 Å². The summed E-state index contributed by atoms with van der Waals surface area (Å²) in [5, 5.41) is 3.05. The van der Waals surface area contributed by atoms with E-state index in [1.165, 1.54) is 0 Å². The van der Waals surface area contributed by atoms with Crippen molar-refractivity contribution in [2.75, 3.05) is 26.7 Å². The summed E-state index contributed by atoms with van der Waals surface area (Å²) in [6, 6.07) is 15.3. The number of hydrogen-bond donors (Lipinski definition) is 1. The molecule has 1 aromatic carbocycles. The molecule has 7 nitrogen and oxygen atoms in total. The third kappa shape index (κ3) is 4.82. The van der Waals surface area contributed by atoms with E-state index in [0.29, 0.717) is 38.2 Å². The molecule has 1 fully saturated rings. The normalized spacial score (nSPS) is 14.2. The number of pyridine rings is 1. The molecular weight excluding hydrogens is 404 g/mol. The summed E-state index contributed by atoms with van der Waals surface area (Å²) in [4.78, 5) is 31.7. The van der Waals surface area contributed by atoms with Gasteiger partial charge in [0, 0.05) is 37.9 Å². The quantitative estimate of drug-likeness (QED) is 0.623. The van der Waals surface area contributed by atoms with Gasteiger partial charge in [0.05, 0.1) is 19.0 Å². The molecule has 166 valence electrons. The lowest BCUT2D eigenvalue weighted by Crippen LogP contribution is -2.43. The average molecular weight is 433 g/mol. The smallest absolute Gasteiger partial charge is 0.270 e. The summed E-state index contributed by atoms with van der Waals surface area (Å²) < 4.78 is 7.22. The van der Waals surface area contributed by atoms with Gasteiger partial charge in [0.1, 0.15) is 11.4 Å². The van der Waals surface area contributed by atoms with E-state index < -0.39 is 0 Å². The summed E-state index contributed by atoms with van der Waals surface area (Å²) >= 11 is 0. The van der Waals surface area contributed by atoms with Gasteiger partial charge in [-0.25, -0.2) is 0 Å². The minimum Gasteiger partial charge on any atom is -0.496 e. The lowest BCUT2D eigenvalue weighted by atomic mass is 9.95. The van der Waals surface area contributed by atoms with Crippen LogP contribution in [-0.4, -0.2) is 53.0 Å². The fraction of sp³-hybridized carbons (Fsp3) is 0.320. The van der Waals surface area contributed by atoms with E-state index in [-0.39, 0.29) is 17.7 Å². The topological polar surface area (TPSA) is 76.5 Å². The van der Waals surface area contributed by atoms with Gasteiger partial charge >= 0.3 is 0 Å². The number of methoxy groups -OCH3 is 1. The molecule has 0 spiro atoms. The number of amides is 2. The fourth-order valence-electron chi connectivity index (χ4n) is 4.16. The second-order valence-electron chi connectivity index (χ2n) is 7.89. The molecule has 3 aromatic rings. The van der Waals surface area contributed by atoms with E-state index in [4.69, 9.17) is 4.74 Å². The number of hydrogen-bond acceptors (Lipinski definition) is 4. The number of likely N-dealkylation sites (tertiary alicyclic amines) is 1. The summed E-state index contributed by atoms with van der Waals surface area (Å²) in [5.41, 5.74) is 2.54. The molecule has 1 N–H and O–H groups in total. The standard InChI is InChI=1S/C25H28N4O3/c1-32-23-9-3-2-6-19(23)10-14-27-24(30)20-11-16-28(17-12-20)25(31)22-8-5-15-29(22)21-7-4-13-26-18-21/h2-9,13,15,18,20H,10-12,14,16-17H2,1H3,(H,27,30). The number of nitrogens with one attached hydrogen (secondary N) is 1. The van der Waals surface area contributed by atoms with Crippen LogP contribution in [0.5, 0.6) is 5.75 Å². The lowest BCUT2D eigenvalue weighted by Gasteiger charge is -2.31. The molecule has 0 unspecified atom stereocenters. The molecule has 7 heteroatoms. The van der Waals surface area contributed by atoms with Crippen molar-refractivity contribution in [1.82, 2.24) is 19.8 Å². The molecule has 32 heavy (non-hydrogen) atoms. The van der Waals surface area contributed by atoms with Crippen LogP contribution in [0.3, 0.4) is 0 Å². The fourth-order valence-corrected chi connectivity index (χ4v) is 4.16. The average Bonchev–Trinajstić information content (AvgIpc) is 3.34. The first kappa shape index (κ1) is 21.6. The van der Waals surface area contributed by atoms with Crippen LogP contribution in [0.2, 0.25) is 0 Å². The van der Waals surface area contributed by atoms with Crippen molar-refractivity contribution >= 4 is 11.8 Å². The highest BCUT2D eigenvalue weighted by molar-refractivity contribution is 5.93. The maximum Gasteiger partial charge on any atom is 0.270 e. The molecular formula is C25H28N4O3. The van der Waals surface area contributed by atoms with Gasteiger partial charge in [-0.05, 0) is 55.2 Å². The third-order valence-corrected chi connectivity index (χ3v) is 5.93. The van der Waals surface area contributed by atoms with Crippen molar-refractivity contribution in [3.63, 3.8) is 0 Å². The van der Waals surface area contributed by atoms with Crippen LogP contribution in [-0.2, 0) is 11.2 Å². The number of para-hydroxylation sites is 1. The van der Waals surface area contributed by atoms with Gasteiger partial charge in [0.25, 0.3) is 5.91 Å². The van der Waals surface area contributed by atoms with Crippen molar-refractivity contribution < 1.29 is 14.3 Å². The predicted octanol–water partition coefficient (Wildman–Crippen LogP) is 3.09. The first-order valence-electron chi connectivity index (χ1n) is 10.9. The zero-order chi connectivity index (χ0) is 22.3. The lowest BCUT2D eigenvalue weighted by molar-refractivity contribution is -0.126. The maximum atomic E-state index is 13.1. The van der Waals surface area contributed by atoms with Gasteiger partial charge in [-0.3, -0.25) is 14.6 Å². The van der Waals surface area contributed by atoms with E-state index in [0.717, 1.165) is 23.4 Å². The predicted molar refractivity (Wildman–Crippen MR) is 122 cm³/mol. The van der Waals surface area contributed by atoms with Crippen LogP contribution in [0.4, 0.5) is 0 Å². The molecule has 0 saturated carbocycles. The molecule has 2 amide bonds. The molecule has 3 heterocycles. The summed E-state index contributed by atoms with van der Waals surface area (Å²) in [5.74, 6) is 0.811. The highest BCUT2D eigenvalue weighted by Crippen LogP contribution is 2.21. The highest BCUT2D eigenvalue weighted by Gasteiger charge is 2.28. The molecule has 0 bridgehead atoms. The number of nitrogens with zero attached hydrogens (tertiary/aromatic N) is 3. The maximum absolute atomic E-state index is 13.1. The largest absolute Gasteiger partial charge is 0.496 e. The molecule has 0 atom stereocenters. The Labute approximate surface area is 188 Å². The van der Waals surface area contributed by atoms with Crippen molar-refractivity contribution in [1.29, 1.82) is 0 Å². The van der Waals surface area contributed by atoms with E-state index in [1.807, 2.05) is 64.2 Å². The Kier molecular flexibility index (Phi) is 6.84. The minimum atomic E-state index is -0.0678. The van der Waals surface area contributed by atoms with Crippen molar-refractivity contribution in [3.05, 3.63) is 78.4 Å². The molecule has 1 saturated heterocycles. The molecule has 4 rings (SSSR count). The monoisotopic (exact) mass is 432 g/mol. The summed E-state index contributed by atoms with van der Waals surface area (Å²) in [6.07, 6.45) is 7.36. The van der Waals surface area contributed by atoms with Crippen LogP contribution in [0, 0.1) is 5.92 Å². The Hall–Kier alpha value is -3.61. The van der Waals surface area contributed by atoms with Crippen LogP contribution in [0.1, 0.15) is 28.9 Å². The van der Waals surface area contributed by atoms with Crippen LogP contribution in [0.25, 0.3) is 5.69 Å². The highest BCUT2D eigenvalue weighted by atomic mass is 16.5. The van der Waals surface area contributed by atoms with E-state index >= 15 is 0 Å². The SMILES string of the molecule is COc1ccccc1CCNC(=O)C1CCN(C(=O)c2cccn2-c2cccnc2)CC1.